The second-order valence-corrected chi connectivity index (χ2v) is 5.00. The molecule has 1 aliphatic heterocycles. The monoisotopic (exact) mass is 212 g/mol. The van der Waals surface area contributed by atoms with Crippen LogP contribution in [0.3, 0.4) is 0 Å². The van der Waals surface area contributed by atoms with Crippen LogP contribution >= 0.6 is 0 Å². The van der Waals surface area contributed by atoms with E-state index in [9.17, 15) is 4.79 Å². The Kier molecular flexibility index (Phi) is 5.09. The number of nitrogens with one attached hydrogen (secondary N) is 1. The Labute approximate surface area is 93.2 Å². The van der Waals surface area contributed by atoms with Gasteiger partial charge in [0.1, 0.15) is 0 Å². The van der Waals surface area contributed by atoms with Crippen molar-refractivity contribution in [3.8, 4) is 0 Å². The summed E-state index contributed by atoms with van der Waals surface area (Å²) >= 11 is 0. The van der Waals surface area contributed by atoms with Crippen LogP contribution in [0.4, 0.5) is 0 Å². The molecule has 1 atom stereocenters. The van der Waals surface area contributed by atoms with Crippen molar-refractivity contribution in [3.05, 3.63) is 0 Å². The Hall–Kier alpha value is -0.570. The fourth-order valence-corrected chi connectivity index (χ4v) is 2.23. The van der Waals surface area contributed by atoms with Gasteiger partial charge < -0.3 is 10.2 Å². The summed E-state index contributed by atoms with van der Waals surface area (Å²) in [6.07, 6.45) is 3.12. The van der Waals surface area contributed by atoms with Gasteiger partial charge in [0.2, 0.25) is 5.91 Å². The van der Waals surface area contributed by atoms with Crippen molar-refractivity contribution in [2.24, 2.45) is 11.8 Å². The molecule has 1 rings (SSSR count). The summed E-state index contributed by atoms with van der Waals surface area (Å²) in [4.78, 5) is 13.9. The number of hydrogen-bond donors (Lipinski definition) is 1. The number of piperidine rings is 1. The molecule has 0 radical (unpaired) electrons. The van der Waals surface area contributed by atoms with Crippen LogP contribution in [0.25, 0.3) is 0 Å². The zero-order chi connectivity index (χ0) is 11.3. The second kappa shape index (κ2) is 6.11. The van der Waals surface area contributed by atoms with E-state index in [1.165, 1.54) is 6.42 Å². The summed E-state index contributed by atoms with van der Waals surface area (Å²) in [6, 6.07) is 0. The molecule has 0 aromatic carbocycles. The molecule has 0 aliphatic carbocycles. The molecule has 1 amide bonds. The number of amides is 1. The highest BCUT2D eigenvalue weighted by Crippen LogP contribution is 2.17. The summed E-state index contributed by atoms with van der Waals surface area (Å²) in [7, 11) is 1.98. The smallest absolute Gasteiger partial charge is 0.222 e. The fourth-order valence-electron chi connectivity index (χ4n) is 2.23. The highest BCUT2D eigenvalue weighted by atomic mass is 16.2. The van der Waals surface area contributed by atoms with Crippen LogP contribution in [0.1, 0.15) is 33.1 Å². The molecule has 1 saturated heterocycles. The second-order valence-electron chi connectivity index (χ2n) is 5.00. The lowest BCUT2D eigenvalue weighted by molar-refractivity contribution is -0.133. The van der Waals surface area contributed by atoms with Crippen molar-refractivity contribution >= 4 is 5.91 Å². The van der Waals surface area contributed by atoms with E-state index in [-0.39, 0.29) is 0 Å². The standard InChI is InChI=1S/C12H24N2O/c1-10(2)7-12(15)14-6-4-5-11(9-14)8-13-3/h10-11,13H,4-9H2,1-3H3. The Morgan fingerprint density at radius 3 is 2.87 bits per heavy atom. The van der Waals surface area contributed by atoms with E-state index < -0.39 is 0 Å². The third kappa shape index (κ3) is 4.20. The zero-order valence-electron chi connectivity index (χ0n) is 10.3. The molecule has 3 nitrogen and oxygen atoms in total. The maximum absolute atomic E-state index is 11.9. The Morgan fingerprint density at radius 1 is 1.53 bits per heavy atom. The first-order chi connectivity index (χ1) is 7.13. The van der Waals surface area contributed by atoms with Gasteiger partial charge in [0.05, 0.1) is 0 Å². The van der Waals surface area contributed by atoms with Gasteiger partial charge in [-0.3, -0.25) is 4.79 Å². The van der Waals surface area contributed by atoms with Crippen molar-refractivity contribution in [2.75, 3.05) is 26.7 Å². The van der Waals surface area contributed by atoms with Gasteiger partial charge in [-0.1, -0.05) is 13.8 Å². The predicted molar refractivity (Wildman–Crippen MR) is 62.7 cm³/mol. The van der Waals surface area contributed by atoms with Crippen molar-refractivity contribution < 1.29 is 4.79 Å². The van der Waals surface area contributed by atoms with Crippen molar-refractivity contribution in [1.82, 2.24) is 10.2 Å². The van der Waals surface area contributed by atoms with E-state index in [0.29, 0.717) is 24.2 Å². The van der Waals surface area contributed by atoms with Crippen LogP contribution in [0.5, 0.6) is 0 Å². The number of nitrogens with zero attached hydrogens (tertiary/aromatic N) is 1. The van der Waals surface area contributed by atoms with Gasteiger partial charge in [-0.15, -0.1) is 0 Å². The first kappa shape index (κ1) is 12.5. The molecule has 0 aromatic rings. The third-order valence-electron chi connectivity index (χ3n) is 2.95. The molecule has 0 spiro atoms. The van der Waals surface area contributed by atoms with Crippen molar-refractivity contribution in [3.63, 3.8) is 0 Å². The van der Waals surface area contributed by atoms with E-state index in [2.05, 4.69) is 19.2 Å². The Balaban J connectivity index is 2.38. The molecule has 1 fully saturated rings. The fraction of sp³-hybridized carbons (Fsp3) is 0.917. The molecular weight excluding hydrogens is 188 g/mol. The lowest BCUT2D eigenvalue weighted by Gasteiger charge is -2.33. The maximum Gasteiger partial charge on any atom is 0.222 e. The SMILES string of the molecule is CNCC1CCCN(C(=O)CC(C)C)C1. The van der Waals surface area contributed by atoms with E-state index in [1.54, 1.807) is 0 Å². The lowest BCUT2D eigenvalue weighted by atomic mass is 9.97. The molecule has 1 aliphatic rings. The van der Waals surface area contributed by atoms with Gasteiger partial charge in [-0.2, -0.15) is 0 Å². The first-order valence-electron chi connectivity index (χ1n) is 6.05. The topological polar surface area (TPSA) is 32.3 Å². The van der Waals surface area contributed by atoms with Crippen LogP contribution in [0.15, 0.2) is 0 Å². The van der Waals surface area contributed by atoms with Crippen LogP contribution in [0, 0.1) is 11.8 Å². The van der Waals surface area contributed by atoms with Crippen LogP contribution in [-0.4, -0.2) is 37.5 Å². The highest BCUT2D eigenvalue weighted by Gasteiger charge is 2.23. The van der Waals surface area contributed by atoms with Crippen LogP contribution in [-0.2, 0) is 4.79 Å². The molecule has 1 heterocycles. The molecular formula is C12H24N2O. The van der Waals surface area contributed by atoms with Gasteiger partial charge >= 0.3 is 0 Å². The number of carbonyl (C=O) groups is 1. The molecule has 88 valence electrons. The molecule has 0 aromatic heterocycles. The number of likely N-dealkylation sites (tertiary alicyclic amines) is 1. The zero-order valence-corrected chi connectivity index (χ0v) is 10.3. The molecule has 0 saturated carbocycles. The van der Waals surface area contributed by atoms with E-state index in [4.69, 9.17) is 0 Å². The van der Waals surface area contributed by atoms with E-state index in [0.717, 1.165) is 26.1 Å². The quantitative estimate of drug-likeness (QED) is 0.766. The predicted octanol–water partition coefficient (Wildman–Crippen LogP) is 1.49. The molecule has 0 bridgehead atoms. The summed E-state index contributed by atoms with van der Waals surface area (Å²) < 4.78 is 0. The van der Waals surface area contributed by atoms with Crippen LogP contribution in [0.2, 0.25) is 0 Å². The summed E-state index contributed by atoms with van der Waals surface area (Å²) in [5.41, 5.74) is 0. The minimum atomic E-state index is 0.339. The number of hydrogen-bond acceptors (Lipinski definition) is 2. The summed E-state index contributed by atoms with van der Waals surface area (Å²) in [5, 5.41) is 3.20. The normalized spacial score (nSPS) is 22.1. The highest BCUT2D eigenvalue weighted by molar-refractivity contribution is 5.76. The Morgan fingerprint density at radius 2 is 2.27 bits per heavy atom. The van der Waals surface area contributed by atoms with E-state index >= 15 is 0 Å². The minimum Gasteiger partial charge on any atom is -0.342 e. The van der Waals surface area contributed by atoms with Crippen LogP contribution < -0.4 is 5.32 Å². The molecule has 1 unspecified atom stereocenters. The number of rotatable bonds is 4. The van der Waals surface area contributed by atoms with Crippen molar-refractivity contribution in [2.45, 2.75) is 33.1 Å². The molecule has 1 N–H and O–H groups in total. The summed E-state index contributed by atoms with van der Waals surface area (Å²) in [6.45, 7) is 7.16. The summed E-state index contributed by atoms with van der Waals surface area (Å²) in [5.74, 6) is 1.47. The van der Waals surface area contributed by atoms with E-state index in [1.807, 2.05) is 11.9 Å². The first-order valence-corrected chi connectivity index (χ1v) is 6.05. The Bertz CT molecular complexity index is 202. The third-order valence-corrected chi connectivity index (χ3v) is 2.95. The van der Waals surface area contributed by atoms with Gasteiger partial charge in [-0.25, -0.2) is 0 Å². The van der Waals surface area contributed by atoms with Gasteiger partial charge in [0.15, 0.2) is 0 Å². The van der Waals surface area contributed by atoms with Gasteiger partial charge in [0.25, 0.3) is 0 Å². The average Bonchev–Trinajstić information content (AvgIpc) is 2.17. The van der Waals surface area contributed by atoms with Gasteiger partial charge in [-0.05, 0) is 38.3 Å². The van der Waals surface area contributed by atoms with Crippen molar-refractivity contribution in [1.29, 1.82) is 0 Å². The maximum atomic E-state index is 11.9. The largest absolute Gasteiger partial charge is 0.342 e. The lowest BCUT2D eigenvalue weighted by Crippen LogP contribution is -2.42. The molecule has 15 heavy (non-hydrogen) atoms. The minimum absolute atomic E-state index is 0.339. The van der Waals surface area contributed by atoms with Gasteiger partial charge in [0, 0.05) is 19.5 Å². The molecule has 3 heteroatoms. The average molecular weight is 212 g/mol. The number of carbonyl (C=O) groups excluding carboxylic acids is 1.